The van der Waals surface area contributed by atoms with Gasteiger partial charge in [-0.15, -0.1) is 0 Å². The summed E-state index contributed by atoms with van der Waals surface area (Å²) >= 11 is 1.66. The lowest BCUT2D eigenvalue weighted by atomic mass is 10.0. The molecule has 4 rings (SSSR count). The van der Waals surface area contributed by atoms with Crippen molar-refractivity contribution in [3.8, 4) is 11.1 Å². The van der Waals surface area contributed by atoms with Gasteiger partial charge in [-0.2, -0.15) is 11.3 Å². The summed E-state index contributed by atoms with van der Waals surface area (Å²) in [6, 6.07) is 17.0. The van der Waals surface area contributed by atoms with Crippen LogP contribution in [0.1, 0.15) is 43.4 Å². The lowest BCUT2D eigenvalue weighted by Gasteiger charge is -2.30. The molecule has 0 saturated heterocycles. The summed E-state index contributed by atoms with van der Waals surface area (Å²) in [5.74, 6) is 0.601. The van der Waals surface area contributed by atoms with Crippen molar-refractivity contribution in [1.82, 2.24) is 10.2 Å². The Morgan fingerprint density at radius 3 is 2.41 bits per heavy atom. The fourth-order valence-electron chi connectivity index (χ4n) is 5.04. The van der Waals surface area contributed by atoms with Crippen LogP contribution in [0.3, 0.4) is 0 Å². The zero-order valence-corrected chi connectivity index (χ0v) is 23.3. The number of rotatable bonds is 11. The molecule has 3 aromatic rings. The molecule has 1 aromatic heterocycles. The summed E-state index contributed by atoms with van der Waals surface area (Å²) in [4.78, 5) is 30.4. The summed E-state index contributed by atoms with van der Waals surface area (Å²) in [6.07, 6.45) is 3.79. The van der Waals surface area contributed by atoms with Crippen LogP contribution in [0.5, 0.6) is 0 Å². The average molecular weight is 518 g/mol. The number of nitrogens with zero attached hydrogens (tertiary/aromatic N) is 2. The number of nitrogens with one attached hydrogen (secondary N) is 1. The number of carbonyl (C=O) groups is 2. The highest BCUT2D eigenvalue weighted by Gasteiger charge is 2.29. The Morgan fingerprint density at radius 2 is 1.76 bits per heavy atom. The van der Waals surface area contributed by atoms with Crippen molar-refractivity contribution in [2.75, 3.05) is 31.6 Å². The molecule has 1 aliphatic carbocycles. The molecule has 0 atom stereocenters. The average Bonchev–Trinajstić information content (AvgIpc) is 3.56. The van der Waals surface area contributed by atoms with Gasteiger partial charge in [-0.3, -0.25) is 9.59 Å². The van der Waals surface area contributed by atoms with Crippen molar-refractivity contribution in [3.05, 3.63) is 76.0 Å². The van der Waals surface area contributed by atoms with Gasteiger partial charge >= 0.3 is 0 Å². The summed E-state index contributed by atoms with van der Waals surface area (Å²) in [5, 5.41) is 7.25. The maximum Gasteiger partial charge on any atom is 0.242 e. The number of benzene rings is 2. The Bertz CT molecular complexity index is 1180. The molecule has 0 spiro atoms. The largest absolute Gasteiger partial charge is 0.355 e. The SMILES string of the molecule is Cc1ccc(-c2ccsc2)cc1N(CC(=O)NCCCC(C)C)CC(=O)N(C)C1Cc2ccccc2C1. The summed E-state index contributed by atoms with van der Waals surface area (Å²) < 4.78 is 0. The van der Waals surface area contributed by atoms with Crippen molar-refractivity contribution in [2.45, 2.75) is 52.5 Å². The molecule has 1 N–H and O–H groups in total. The number of likely N-dealkylation sites (N-methyl/N-ethyl adjacent to an activating group) is 1. The van der Waals surface area contributed by atoms with Crippen molar-refractivity contribution in [2.24, 2.45) is 5.92 Å². The van der Waals surface area contributed by atoms with E-state index in [0.717, 1.165) is 48.1 Å². The van der Waals surface area contributed by atoms with Gasteiger partial charge < -0.3 is 15.1 Å². The number of hydrogen-bond acceptors (Lipinski definition) is 4. The molecule has 1 aliphatic rings. The molecule has 0 aliphatic heterocycles. The highest BCUT2D eigenvalue weighted by atomic mass is 32.1. The quantitative estimate of drug-likeness (QED) is 0.332. The first kappa shape index (κ1) is 26.9. The maximum atomic E-state index is 13.6. The first-order valence-electron chi connectivity index (χ1n) is 13.3. The topological polar surface area (TPSA) is 52.7 Å². The predicted molar refractivity (Wildman–Crippen MR) is 154 cm³/mol. The monoisotopic (exact) mass is 517 g/mol. The normalized spacial score (nSPS) is 13.0. The number of hydrogen-bond donors (Lipinski definition) is 1. The minimum atomic E-state index is -0.0483. The van der Waals surface area contributed by atoms with E-state index < -0.39 is 0 Å². The van der Waals surface area contributed by atoms with E-state index in [9.17, 15) is 9.59 Å². The van der Waals surface area contributed by atoms with Gasteiger partial charge in [-0.05, 0) is 89.2 Å². The van der Waals surface area contributed by atoms with E-state index in [-0.39, 0.29) is 30.9 Å². The van der Waals surface area contributed by atoms with Crippen LogP contribution in [0, 0.1) is 12.8 Å². The second-order valence-electron chi connectivity index (χ2n) is 10.6. The van der Waals surface area contributed by atoms with E-state index in [1.807, 2.05) is 23.8 Å². The fraction of sp³-hybridized carbons (Fsp3) is 0.419. The minimum absolute atomic E-state index is 0.0331. The third-order valence-corrected chi connectivity index (χ3v) is 8.00. The van der Waals surface area contributed by atoms with Crippen LogP contribution >= 0.6 is 11.3 Å². The van der Waals surface area contributed by atoms with E-state index in [4.69, 9.17) is 0 Å². The molecule has 1 heterocycles. The Morgan fingerprint density at radius 1 is 1.03 bits per heavy atom. The van der Waals surface area contributed by atoms with E-state index in [2.05, 4.69) is 78.5 Å². The standard InChI is InChI=1S/C31H39N3O2S/c1-22(2)8-7-14-32-30(35)19-34(29-18-26(12-11-23(29)3)27-13-15-37-21-27)20-31(36)33(4)28-16-24-9-5-6-10-25(24)17-28/h5-6,9-13,15,18,21-22,28H,7-8,14,16-17,19-20H2,1-4H3,(H,32,35). The maximum absolute atomic E-state index is 13.6. The van der Waals surface area contributed by atoms with Crippen LogP contribution in [0.2, 0.25) is 0 Å². The van der Waals surface area contributed by atoms with Crippen LogP contribution in [-0.4, -0.2) is 49.4 Å². The molecule has 0 bridgehead atoms. The number of aryl methyl sites for hydroxylation is 1. The molecule has 37 heavy (non-hydrogen) atoms. The van der Waals surface area contributed by atoms with Gasteiger partial charge in [0.2, 0.25) is 11.8 Å². The van der Waals surface area contributed by atoms with E-state index >= 15 is 0 Å². The summed E-state index contributed by atoms with van der Waals surface area (Å²) in [7, 11) is 1.90. The van der Waals surface area contributed by atoms with Gasteiger partial charge in [0.15, 0.2) is 0 Å². The van der Waals surface area contributed by atoms with Crippen LogP contribution < -0.4 is 10.2 Å². The zero-order valence-electron chi connectivity index (χ0n) is 22.5. The smallest absolute Gasteiger partial charge is 0.242 e. The third kappa shape index (κ3) is 7.01. The number of fused-ring (bicyclic) bond motifs is 1. The number of thiophene rings is 1. The van der Waals surface area contributed by atoms with Crippen molar-refractivity contribution >= 4 is 28.8 Å². The van der Waals surface area contributed by atoms with Crippen molar-refractivity contribution in [1.29, 1.82) is 0 Å². The lowest BCUT2D eigenvalue weighted by molar-refractivity contribution is -0.130. The molecule has 0 unspecified atom stereocenters. The number of carbonyl (C=O) groups excluding carboxylic acids is 2. The molecule has 5 nitrogen and oxygen atoms in total. The summed E-state index contributed by atoms with van der Waals surface area (Å²) in [5.41, 5.74) is 6.87. The van der Waals surface area contributed by atoms with Crippen molar-refractivity contribution < 1.29 is 9.59 Å². The Kier molecular flexibility index (Phi) is 9.04. The molecule has 2 aromatic carbocycles. The Hall–Kier alpha value is -3.12. The van der Waals surface area contributed by atoms with Crippen LogP contribution in [0.15, 0.2) is 59.3 Å². The molecule has 2 amide bonds. The minimum Gasteiger partial charge on any atom is -0.355 e. The second kappa shape index (κ2) is 12.4. The van der Waals surface area contributed by atoms with Crippen LogP contribution in [-0.2, 0) is 22.4 Å². The highest BCUT2D eigenvalue weighted by Crippen LogP contribution is 2.30. The third-order valence-electron chi connectivity index (χ3n) is 7.32. The molecule has 196 valence electrons. The highest BCUT2D eigenvalue weighted by molar-refractivity contribution is 7.08. The van der Waals surface area contributed by atoms with E-state index in [0.29, 0.717) is 12.5 Å². The van der Waals surface area contributed by atoms with Crippen LogP contribution in [0.4, 0.5) is 5.69 Å². The van der Waals surface area contributed by atoms with Gasteiger partial charge in [0.25, 0.3) is 0 Å². The second-order valence-corrected chi connectivity index (χ2v) is 11.4. The molecular weight excluding hydrogens is 478 g/mol. The molecule has 0 saturated carbocycles. The van der Waals surface area contributed by atoms with Gasteiger partial charge in [0.05, 0.1) is 13.1 Å². The zero-order chi connectivity index (χ0) is 26.4. The van der Waals surface area contributed by atoms with Gasteiger partial charge in [0, 0.05) is 25.3 Å². The van der Waals surface area contributed by atoms with E-state index in [1.54, 1.807) is 11.3 Å². The predicted octanol–water partition coefficient (Wildman–Crippen LogP) is 5.71. The molecule has 0 fully saturated rings. The van der Waals surface area contributed by atoms with Gasteiger partial charge in [-0.1, -0.05) is 50.2 Å². The fourth-order valence-corrected chi connectivity index (χ4v) is 5.70. The van der Waals surface area contributed by atoms with Gasteiger partial charge in [-0.25, -0.2) is 0 Å². The van der Waals surface area contributed by atoms with E-state index in [1.165, 1.54) is 11.1 Å². The first-order chi connectivity index (χ1) is 17.8. The summed E-state index contributed by atoms with van der Waals surface area (Å²) in [6.45, 7) is 7.40. The number of amides is 2. The first-order valence-corrected chi connectivity index (χ1v) is 14.2. The number of anilines is 1. The lowest BCUT2D eigenvalue weighted by Crippen LogP contribution is -2.47. The molecular formula is C31H39N3O2S. The van der Waals surface area contributed by atoms with Crippen molar-refractivity contribution in [3.63, 3.8) is 0 Å². The molecule has 6 heteroatoms. The molecule has 0 radical (unpaired) electrons. The Labute approximate surface area is 225 Å². The Balaban J connectivity index is 1.50. The van der Waals surface area contributed by atoms with Crippen LogP contribution in [0.25, 0.3) is 11.1 Å². The van der Waals surface area contributed by atoms with Gasteiger partial charge in [0.1, 0.15) is 0 Å².